The first-order chi connectivity index (χ1) is 6.22. The van der Waals surface area contributed by atoms with Gasteiger partial charge in [0.1, 0.15) is 0 Å². The van der Waals surface area contributed by atoms with Crippen molar-refractivity contribution in [2.75, 3.05) is 26.7 Å². The van der Waals surface area contributed by atoms with Crippen LogP contribution in [0.25, 0.3) is 0 Å². The summed E-state index contributed by atoms with van der Waals surface area (Å²) < 4.78 is 0. The Kier molecular flexibility index (Phi) is 4.74. The predicted octanol–water partition coefficient (Wildman–Crippen LogP) is 1.72. The van der Waals surface area contributed by atoms with Crippen LogP contribution in [0.3, 0.4) is 0 Å². The van der Waals surface area contributed by atoms with Crippen molar-refractivity contribution in [1.29, 1.82) is 0 Å². The molecule has 0 amide bonds. The number of likely N-dealkylation sites (N-methyl/N-ethyl adjacent to an activating group) is 1. The zero-order valence-electron chi connectivity index (χ0n) is 9.34. The van der Waals surface area contributed by atoms with E-state index in [-0.39, 0.29) is 0 Å². The summed E-state index contributed by atoms with van der Waals surface area (Å²) >= 11 is 0. The Hall–Kier alpha value is -0.0800. The van der Waals surface area contributed by atoms with E-state index in [2.05, 4.69) is 31.1 Å². The van der Waals surface area contributed by atoms with Crippen molar-refractivity contribution < 1.29 is 0 Å². The molecule has 78 valence electrons. The standard InChI is InChI=1S/C11H24N2/c1-4-7-13(3)9-11-8-10(2)5-6-12-11/h10-12H,4-9H2,1-3H3. The maximum atomic E-state index is 3.60. The lowest BCUT2D eigenvalue weighted by atomic mass is 9.94. The molecule has 0 bridgehead atoms. The minimum atomic E-state index is 0.736. The van der Waals surface area contributed by atoms with Gasteiger partial charge in [0.2, 0.25) is 0 Å². The van der Waals surface area contributed by atoms with Gasteiger partial charge >= 0.3 is 0 Å². The topological polar surface area (TPSA) is 15.3 Å². The zero-order chi connectivity index (χ0) is 9.68. The van der Waals surface area contributed by atoms with Gasteiger partial charge in [-0.25, -0.2) is 0 Å². The van der Waals surface area contributed by atoms with Crippen molar-refractivity contribution in [3.8, 4) is 0 Å². The number of rotatable bonds is 4. The van der Waals surface area contributed by atoms with Crippen LogP contribution in [0.5, 0.6) is 0 Å². The highest BCUT2D eigenvalue weighted by atomic mass is 15.1. The van der Waals surface area contributed by atoms with Gasteiger partial charge in [-0.1, -0.05) is 13.8 Å². The Bertz CT molecular complexity index is 136. The van der Waals surface area contributed by atoms with Gasteiger partial charge in [-0.05, 0) is 45.3 Å². The number of nitrogens with one attached hydrogen (secondary N) is 1. The van der Waals surface area contributed by atoms with E-state index in [0.29, 0.717) is 0 Å². The fourth-order valence-corrected chi connectivity index (χ4v) is 2.21. The normalized spacial score (nSPS) is 29.5. The number of piperidine rings is 1. The summed E-state index contributed by atoms with van der Waals surface area (Å²) in [6.45, 7) is 8.28. The molecule has 2 atom stereocenters. The Balaban J connectivity index is 2.19. The first-order valence-electron chi connectivity index (χ1n) is 5.64. The third kappa shape index (κ3) is 4.10. The van der Waals surface area contributed by atoms with E-state index < -0.39 is 0 Å². The van der Waals surface area contributed by atoms with Crippen molar-refractivity contribution in [2.24, 2.45) is 5.92 Å². The van der Waals surface area contributed by atoms with Crippen LogP contribution in [0.15, 0.2) is 0 Å². The molecule has 2 nitrogen and oxygen atoms in total. The van der Waals surface area contributed by atoms with Crippen molar-refractivity contribution >= 4 is 0 Å². The molecule has 0 spiro atoms. The predicted molar refractivity (Wildman–Crippen MR) is 58.0 cm³/mol. The molecule has 0 radical (unpaired) electrons. The summed E-state index contributed by atoms with van der Waals surface area (Å²) in [5.41, 5.74) is 0. The van der Waals surface area contributed by atoms with Gasteiger partial charge in [0.05, 0.1) is 0 Å². The molecule has 1 saturated heterocycles. The average Bonchev–Trinajstić information content (AvgIpc) is 2.04. The molecule has 1 aliphatic rings. The molecule has 1 N–H and O–H groups in total. The Morgan fingerprint density at radius 2 is 2.23 bits per heavy atom. The molecule has 2 heteroatoms. The van der Waals surface area contributed by atoms with Crippen LogP contribution in [0, 0.1) is 5.92 Å². The van der Waals surface area contributed by atoms with E-state index in [1.807, 2.05) is 0 Å². The second kappa shape index (κ2) is 5.61. The third-order valence-electron chi connectivity index (χ3n) is 2.89. The molecule has 0 aromatic carbocycles. The third-order valence-corrected chi connectivity index (χ3v) is 2.89. The summed E-state index contributed by atoms with van der Waals surface area (Å²) in [6.07, 6.45) is 3.97. The van der Waals surface area contributed by atoms with Gasteiger partial charge in [0, 0.05) is 12.6 Å². The SMILES string of the molecule is CCCN(C)CC1CC(C)CCN1. The van der Waals surface area contributed by atoms with Gasteiger partial charge in [0.25, 0.3) is 0 Å². The van der Waals surface area contributed by atoms with Gasteiger partial charge in [-0.3, -0.25) is 0 Å². The number of nitrogens with zero attached hydrogens (tertiary/aromatic N) is 1. The van der Waals surface area contributed by atoms with Crippen molar-refractivity contribution in [1.82, 2.24) is 10.2 Å². The van der Waals surface area contributed by atoms with Crippen molar-refractivity contribution in [3.63, 3.8) is 0 Å². The fourth-order valence-electron chi connectivity index (χ4n) is 2.21. The van der Waals surface area contributed by atoms with Crippen LogP contribution in [-0.2, 0) is 0 Å². The van der Waals surface area contributed by atoms with Gasteiger partial charge in [-0.15, -0.1) is 0 Å². The van der Waals surface area contributed by atoms with Crippen LogP contribution in [0.4, 0.5) is 0 Å². The quantitative estimate of drug-likeness (QED) is 0.715. The Morgan fingerprint density at radius 1 is 1.46 bits per heavy atom. The van der Waals surface area contributed by atoms with E-state index in [1.165, 1.54) is 38.9 Å². The minimum absolute atomic E-state index is 0.736. The highest BCUT2D eigenvalue weighted by Crippen LogP contribution is 2.15. The minimum Gasteiger partial charge on any atom is -0.313 e. The van der Waals surface area contributed by atoms with Crippen LogP contribution in [0.2, 0.25) is 0 Å². The first-order valence-corrected chi connectivity index (χ1v) is 5.64. The molecule has 1 fully saturated rings. The van der Waals surface area contributed by atoms with Gasteiger partial charge < -0.3 is 10.2 Å². The van der Waals surface area contributed by atoms with Crippen molar-refractivity contribution in [3.05, 3.63) is 0 Å². The zero-order valence-corrected chi connectivity index (χ0v) is 9.34. The lowest BCUT2D eigenvalue weighted by Crippen LogP contribution is -2.44. The summed E-state index contributed by atoms with van der Waals surface area (Å²) in [4.78, 5) is 2.44. The molecular weight excluding hydrogens is 160 g/mol. The van der Waals surface area contributed by atoms with E-state index in [1.54, 1.807) is 0 Å². The first kappa shape index (κ1) is 11.0. The lowest BCUT2D eigenvalue weighted by molar-refractivity contribution is 0.235. The molecule has 13 heavy (non-hydrogen) atoms. The lowest BCUT2D eigenvalue weighted by Gasteiger charge is -2.31. The summed E-state index contributed by atoms with van der Waals surface area (Å²) in [5.74, 6) is 0.918. The maximum Gasteiger partial charge on any atom is 0.0197 e. The summed E-state index contributed by atoms with van der Waals surface area (Å²) in [5, 5.41) is 3.60. The highest BCUT2D eigenvalue weighted by Gasteiger charge is 2.18. The number of hydrogen-bond acceptors (Lipinski definition) is 2. The Labute approximate surface area is 82.7 Å². The van der Waals surface area contributed by atoms with E-state index in [4.69, 9.17) is 0 Å². The fraction of sp³-hybridized carbons (Fsp3) is 1.00. The average molecular weight is 184 g/mol. The monoisotopic (exact) mass is 184 g/mol. The van der Waals surface area contributed by atoms with Gasteiger partial charge in [-0.2, -0.15) is 0 Å². The smallest absolute Gasteiger partial charge is 0.0197 e. The van der Waals surface area contributed by atoms with Crippen molar-refractivity contribution in [2.45, 2.75) is 39.2 Å². The van der Waals surface area contributed by atoms with E-state index >= 15 is 0 Å². The molecular formula is C11H24N2. The molecule has 2 unspecified atom stereocenters. The molecule has 1 aliphatic heterocycles. The van der Waals surface area contributed by atoms with Crippen LogP contribution in [-0.4, -0.2) is 37.6 Å². The Morgan fingerprint density at radius 3 is 2.85 bits per heavy atom. The molecule has 0 aromatic rings. The molecule has 0 saturated carbocycles. The van der Waals surface area contributed by atoms with Crippen LogP contribution in [0.1, 0.15) is 33.1 Å². The second-order valence-corrected chi connectivity index (χ2v) is 4.54. The second-order valence-electron chi connectivity index (χ2n) is 4.54. The maximum absolute atomic E-state index is 3.60. The molecule has 0 aliphatic carbocycles. The molecule has 0 aromatic heterocycles. The van der Waals surface area contributed by atoms with Crippen LogP contribution < -0.4 is 5.32 Å². The van der Waals surface area contributed by atoms with Gasteiger partial charge in [0.15, 0.2) is 0 Å². The number of hydrogen-bond donors (Lipinski definition) is 1. The highest BCUT2D eigenvalue weighted by molar-refractivity contribution is 4.78. The summed E-state index contributed by atoms with van der Waals surface area (Å²) in [6, 6.07) is 0.736. The van der Waals surface area contributed by atoms with E-state index in [0.717, 1.165) is 12.0 Å². The van der Waals surface area contributed by atoms with E-state index in [9.17, 15) is 0 Å². The van der Waals surface area contributed by atoms with Crippen LogP contribution >= 0.6 is 0 Å². The largest absolute Gasteiger partial charge is 0.313 e. The molecule has 1 rings (SSSR count). The summed E-state index contributed by atoms with van der Waals surface area (Å²) in [7, 11) is 2.23. The molecule has 1 heterocycles.